The van der Waals surface area contributed by atoms with Crippen molar-refractivity contribution in [2.75, 3.05) is 19.0 Å². The summed E-state index contributed by atoms with van der Waals surface area (Å²) in [5, 5.41) is 16.7. The number of aromatic carboxylic acids is 1. The standard InChI is InChI=1S/C13H15N3O5/c1-21-10-3-2-7(12(18)19)4-9(10)16-13(20)15-8-5-11(17)14-6-8/h2-4,8H,5-6H2,1H3,(H,14,17)(H,18,19)(H2,15,16,20). The van der Waals surface area contributed by atoms with Crippen LogP contribution in [0.15, 0.2) is 18.2 Å². The van der Waals surface area contributed by atoms with Crippen LogP contribution in [0.25, 0.3) is 0 Å². The zero-order chi connectivity index (χ0) is 15.4. The summed E-state index contributed by atoms with van der Waals surface area (Å²) in [4.78, 5) is 33.8. The summed E-state index contributed by atoms with van der Waals surface area (Å²) in [5.41, 5.74) is 0.274. The number of carboxylic acids is 1. The molecular weight excluding hydrogens is 278 g/mol. The highest BCUT2D eigenvalue weighted by Gasteiger charge is 2.23. The van der Waals surface area contributed by atoms with E-state index in [1.807, 2.05) is 0 Å². The van der Waals surface area contributed by atoms with Crippen LogP contribution in [0.5, 0.6) is 5.75 Å². The Balaban J connectivity index is 2.06. The van der Waals surface area contributed by atoms with E-state index in [2.05, 4.69) is 16.0 Å². The minimum absolute atomic E-state index is 0.0313. The number of carbonyl (C=O) groups is 3. The molecule has 1 fully saturated rings. The van der Waals surface area contributed by atoms with Gasteiger partial charge in [-0.25, -0.2) is 9.59 Å². The zero-order valence-electron chi connectivity index (χ0n) is 11.3. The molecule has 4 N–H and O–H groups in total. The molecule has 1 aromatic carbocycles. The van der Waals surface area contributed by atoms with Crippen molar-refractivity contribution in [1.29, 1.82) is 0 Å². The molecule has 0 radical (unpaired) electrons. The van der Waals surface area contributed by atoms with Crippen molar-refractivity contribution in [3.8, 4) is 5.75 Å². The molecule has 0 saturated carbocycles. The minimum Gasteiger partial charge on any atom is -0.495 e. The summed E-state index contributed by atoms with van der Waals surface area (Å²) in [5.74, 6) is -0.881. The van der Waals surface area contributed by atoms with Crippen LogP contribution in [0, 0.1) is 0 Å². The Morgan fingerprint density at radius 1 is 1.43 bits per heavy atom. The number of urea groups is 1. The maximum absolute atomic E-state index is 11.9. The van der Waals surface area contributed by atoms with E-state index in [4.69, 9.17) is 9.84 Å². The molecule has 8 nitrogen and oxygen atoms in total. The Kier molecular flexibility index (Phi) is 4.27. The summed E-state index contributed by atoms with van der Waals surface area (Å²) < 4.78 is 5.07. The van der Waals surface area contributed by atoms with Crippen LogP contribution < -0.4 is 20.7 Å². The number of amides is 3. The van der Waals surface area contributed by atoms with Crippen molar-refractivity contribution >= 4 is 23.6 Å². The van der Waals surface area contributed by atoms with Crippen molar-refractivity contribution in [2.45, 2.75) is 12.5 Å². The van der Waals surface area contributed by atoms with Gasteiger partial charge in [0.25, 0.3) is 0 Å². The maximum atomic E-state index is 11.9. The molecule has 3 amide bonds. The van der Waals surface area contributed by atoms with Gasteiger partial charge in [-0.05, 0) is 18.2 Å². The van der Waals surface area contributed by atoms with Crippen molar-refractivity contribution in [2.24, 2.45) is 0 Å². The van der Waals surface area contributed by atoms with Gasteiger partial charge >= 0.3 is 12.0 Å². The number of carbonyl (C=O) groups excluding carboxylic acids is 2. The fourth-order valence-electron chi connectivity index (χ4n) is 1.99. The lowest BCUT2D eigenvalue weighted by molar-refractivity contribution is -0.119. The summed E-state index contributed by atoms with van der Waals surface area (Å²) in [6.45, 7) is 0.374. The fourth-order valence-corrected chi connectivity index (χ4v) is 1.99. The van der Waals surface area contributed by atoms with Gasteiger partial charge in [0, 0.05) is 13.0 Å². The first-order valence-corrected chi connectivity index (χ1v) is 6.25. The molecule has 1 heterocycles. The number of ether oxygens (including phenoxy) is 1. The van der Waals surface area contributed by atoms with E-state index < -0.39 is 12.0 Å². The van der Waals surface area contributed by atoms with Gasteiger partial charge < -0.3 is 25.8 Å². The lowest BCUT2D eigenvalue weighted by Crippen LogP contribution is -2.39. The number of benzene rings is 1. The van der Waals surface area contributed by atoms with E-state index in [1.165, 1.54) is 25.3 Å². The first-order valence-electron chi connectivity index (χ1n) is 6.25. The molecule has 1 aromatic rings. The zero-order valence-corrected chi connectivity index (χ0v) is 11.3. The molecule has 1 unspecified atom stereocenters. The SMILES string of the molecule is COc1ccc(C(=O)O)cc1NC(=O)NC1CNC(=O)C1. The van der Waals surface area contributed by atoms with Gasteiger partial charge in [-0.15, -0.1) is 0 Å². The Labute approximate surface area is 120 Å². The average Bonchev–Trinajstić information content (AvgIpc) is 2.83. The van der Waals surface area contributed by atoms with E-state index in [9.17, 15) is 14.4 Å². The lowest BCUT2D eigenvalue weighted by atomic mass is 10.2. The average molecular weight is 293 g/mol. The molecule has 0 aromatic heterocycles. The van der Waals surface area contributed by atoms with Gasteiger partial charge in [-0.2, -0.15) is 0 Å². The van der Waals surface area contributed by atoms with E-state index in [1.54, 1.807) is 0 Å². The van der Waals surface area contributed by atoms with Gasteiger partial charge in [0.2, 0.25) is 5.91 Å². The highest BCUT2D eigenvalue weighted by molar-refractivity contribution is 5.95. The van der Waals surface area contributed by atoms with Crippen molar-refractivity contribution in [3.05, 3.63) is 23.8 Å². The molecular formula is C13H15N3O5. The first kappa shape index (κ1) is 14.6. The summed E-state index contributed by atoms with van der Waals surface area (Å²) >= 11 is 0. The number of carboxylic acid groups (broad SMARTS) is 1. The molecule has 112 valence electrons. The third-order valence-electron chi connectivity index (χ3n) is 3.01. The third kappa shape index (κ3) is 3.62. The third-order valence-corrected chi connectivity index (χ3v) is 3.01. The van der Waals surface area contributed by atoms with Gasteiger partial charge in [0.05, 0.1) is 24.4 Å². The number of methoxy groups -OCH3 is 1. The predicted molar refractivity (Wildman–Crippen MR) is 73.5 cm³/mol. The molecule has 0 bridgehead atoms. The molecule has 8 heteroatoms. The fraction of sp³-hybridized carbons (Fsp3) is 0.308. The Morgan fingerprint density at radius 3 is 2.76 bits per heavy atom. The summed E-state index contributed by atoms with van der Waals surface area (Å²) in [7, 11) is 1.42. The molecule has 21 heavy (non-hydrogen) atoms. The van der Waals surface area contributed by atoms with E-state index >= 15 is 0 Å². The molecule has 2 rings (SSSR count). The molecule has 1 saturated heterocycles. The Hall–Kier alpha value is -2.77. The summed E-state index contributed by atoms with van der Waals surface area (Å²) in [6, 6.07) is 3.32. The Bertz CT molecular complexity index is 587. The quantitative estimate of drug-likeness (QED) is 0.641. The second kappa shape index (κ2) is 6.12. The number of hydrogen-bond donors (Lipinski definition) is 4. The highest BCUT2D eigenvalue weighted by atomic mass is 16.5. The number of anilines is 1. The van der Waals surface area contributed by atoms with E-state index in [0.29, 0.717) is 12.3 Å². The maximum Gasteiger partial charge on any atom is 0.335 e. The van der Waals surface area contributed by atoms with Gasteiger partial charge in [0.15, 0.2) is 0 Å². The highest BCUT2D eigenvalue weighted by Crippen LogP contribution is 2.25. The smallest absolute Gasteiger partial charge is 0.335 e. The normalized spacial score (nSPS) is 17.0. The van der Waals surface area contributed by atoms with Crippen LogP contribution >= 0.6 is 0 Å². The second-order valence-electron chi connectivity index (χ2n) is 4.52. The first-order chi connectivity index (χ1) is 9.99. The number of hydrogen-bond acceptors (Lipinski definition) is 4. The molecule has 0 spiro atoms. The predicted octanol–water partition coefficient (Wildman–Crippen LogP) is 0.403. The monoisotopic (exact) mass is 293 g/mol. The number of nitrogens with one attached hydrogen (secondary N) is 3. The van der Waals surface area contributed by atoms with Crippen LogP contribution in [0.3, 0.4) is 0 Å². The number of rotatable bonds is 4. The van der Waals surface area contributed by atoms with Crippen LogP contribution in [0.1, 0.15) is 16.8 Å². The van der Waals surface area contributed by atoms with Crippen LogP contribution in [-0.2, 0) is 4.79 Å². The molecule has 0 aliphatic carbocycles. The van der Waals surface area contributed by atoms with Crippen molar-refractivity contribution in [3.63, 3.8) is 0 Å². The van der Waals surface area contributed by atoms with E-state index in [0.717, 1.165) is 0 Å². The van der Waals surface area contributed by atoms with E-state index in [-0.39, 0.29) is 29.6 Å². The van der Waals surface area contributed by atoms with Crippen LogP contribution in [0.4, 0.5) is 10.5 Å². The topological polar surface area (TPSA) is 117 Å². The molecule has 1 aliphatic rings. The minimum atomic E-state index is -1.10. The lowest BCUT2D eigenvalue weighted by Gasteiger charge is -2.14. The second-order valence-corrected chi connectivity index (χ2v) is 4.52. The Morgan fingerprint density at radius 2 is 2.19 bits per heavy atom. The summed E-state index contributed by atoms with van der Waals surface area (Å²) in [6.07, 6.45) is 0.222. The largest absolute Gasteiger partial charge is 0.495 e. The molecule has 1 aliphatic heterocycles. The van der Waals surface area contributed by atoms with Crippen molar-refractivity contribution in [1.82, 2.24) is 10.6 Å². The van der Waals surface area contributed by atoms with Crippen LogP contribution in [-0.4, -0.2) is 42.7 Å². The van der Waals surface area contributed by atoms with Gasteiger partial charge in [-0.3, -0.25) is 4.79 Å². The van der Waals surface area contributed by atoms with Gasteiger partial charge in [0.1, 0.15) is 5.75 Å². The van der Waals surface area contributed by atoms with Crippen molar-refractivity contribution < 1.29 is 24.2 Å². The van der Waals surface area contributed by atoms with Gasteiger partial charge in [-0.1, -0.05) is 0 Å². The van der Waals surface area contributed by atoms with Crippen LogP contribution in [0.2, 0.25) is 0 Å². The molecule has 1 atom stereocenters.